The van der Waals surface area contributed by atoms with Crippen LogP contribution >= 0.6 is 0 Å². The van der Waals surface area contributed by atoms with Crippen LogP contribution in [0.5, 0.6) is 5.75 Å². The number of nitrogens with zero attached hydrogens (tertiary/aromatic N) is 1. The number of fused-ring (bicyclic) bond motifs is 5. The second-order valence-corrected chi connectivity index (χ2v) is 15.4. The molecule has 0 amide bonds. The van der Waals surface area contributed by atoms with Gasteiger partial charge in [0, 0.05) is 52.8 Å². The maximum absolute atomic E-state index is 14.6. The van der Waals surface area contributed by atoms with E-state index in [9.17, 15) is 19.8 Å². The van der Waals surface area contributed by atoms with E-state index in [0.29, 0.717) is 53.3 Å². The number of carbonyl (C=O) groups excluding carboxylic acids is 2. The van der Waals surface area contributed by atoms with Crippen molar-refractivity contribution in [2.75, 3.05) is 6.61 Å². The number of aromatic amines is 1. The third-order valence-electron chi connectivity index (χ3n) is 11.1. The zero-order chi connectivity index (χ0) is 39.0. The van der Waals surface area contributed by atoms with E-state index in [1.807, 2.05) is 19.9 Å². The minimum Gasteiger partial charge on any atom is -0.508 e. The number of benzene rings is 1. The van der Waals surface area contributed by atoms with Crippen molar-refractivity contribution >= 4 is 33.4 Å². The van der Waals surface area contributed by atoms with Crippen LogP contribution in [0, 0.1) is 35.5 Å². The molecule has 3 aromatic rings. The van der Waals surface area contributed by atoms with Gasteiger partial charge in [-0.25, -0.2) is 0 Å². The molecule has 55 heavy (non-hydrogen) atoms. The van der Waals surface area contributed by atoms with Crippen molar-refractivity contribution in [2.45, 2.75) is 116 Å². The van der Waals surface area contributed by atoms with E-state index in [4.69, 9.17) is 18.9 Å². The number of Topliss-reactive ketones (excluding diaryl/α,β-unsaturated/α-hetero) is 2. The number of nitrogens with one attached hydrogen (secondary N) is 2. The number of H-pyrrole nitrogens is 1. The Balaban J connectivity index is 1.23. The summed E-state index contributed by atoms with van der Waals surface area (Å²) in [7, 11) is 0. The highest BCUT2D eigenvalue weighted by Crippen LogP contribution is 2.41. The Morgan fingerprint density at radius 3 is 2.73 bits per heavy atom. The molecule has 4 N–H and O–H groups in total. The summed E-state index contributed by atoms with van der Waals surface area (Å²) in [5.74, 6) is 11.2. The highest BCUT2D eigenvalue weighted by atomic mass is 16.7. The van der Waals surface area contributed by atoms with Crippen molar-refractivity contribution in [1.82, 2.24) is 15.3 Å². The number of allylic oxidation sites excluding steroid dienone is 4. The van der Waals surface area contributed by atoms with Gasteiger partial charge < -0.3 is 39.5 Å². The van der Waals surface area contributed by atoms with E-state index in [-0.39, 0.29) is 42.1 Å². The fourth-order valence-corrected chi connectivity index (χ4v) is 8.18. The molecule has 0 spiro atoms. The van der Waals surface area contributed by atoms with E-state index < -0.39 is 42.4 Å². The number of ketones is 2. The lowest BCUT2D eigenvalue weighted by Crippen LogP contribution is -2.53. The van der Waals surface area contributed by atoms with Crippen LogP contribution in [0.2, 0.25) is 0 Å². The Morgan fingerprint density at radius 2 is 1.96 bits per heavy atom. The summed E-state index contributed by atoms with van der Waals surface area (Å²) in [5.41, 5.74) is 1.46. The fourth-order valence-electron chi connectivity index (χ4n) is 8.18. The molecule has 2 saturated heterocycles. The number of phenolic OH excluding ortho intramolecular Hbond substituents is 1. The van der Waals surface area contributed by atoms with Crippen LogP contribution in [0.4, 0.5) is 0 Å². The molecule has 0 radical (unpaired) electrons. The van der Waals surface area contributed by atoms with Crippen LogP contribution in [0.1, 0.15) is 77.6 Å². The molecule has 11 nitrogen and oxygen atoms in total. The second-order valence-electron chi connectivity index (χ2n) is 15.4. The number of hydrogen-bond acceptors (Lipinski definition) is 10. The van der Waals surface area contributed by atoms with E-state index in [2.05, 4.69) is 59.7 Å². The van der Waals surface area contributed by atoms with Gasteiger partial charge in [-0.3, -0.25) is 14.6 Å². The van der Waals surface area contributed by atoms with Crippen molar-refractivity contribution in [2.24, 2.45) is 11.8 Å². The van der Waals surface area contributed by atoms with Gasteiger partial charge in [-0.2, -0.15) is 0 Å². The summed E-state index contributed by atoms with van der Waals surface area (Å²) in [4.78, 5) is 35.8. The fraction of sp³-hybridized carbons (Fsp3) is 0.477. The molecule has 0 saturated carbocycles. The zero-order valence-electron chi connectivity index (χ0n) is 32.1. The minimum absolute atomic E-state index is 0.116. The Labute approximate surface area is 321 Å². The normalized spacial score (nSPS) is 32.3. The monoisotopic (exact) mass is 747 g/mol. The first-order valence-electron chi connectivity index (χ1n) is 19.2. The van der Waals surface area contributed by atoms with Gasteiger partial charge >= 0.3 is 0 Å². The molecule has 7 unspecified atom stereocenters. The molecular weight excluding hydrogens is 698 g/mol. The van der Waals surface area contributed by atoms with Crippen LogP contribution in [-0.4, -0.2) is 86.9 Å². The highest BCUT2D eigenvalue weighted by molar-refractivity contribution is 6.15. The Bertz CT molecular complexity index is 2210. The van der Waals surface area contributed by atoms with Gasteiger partial charge in [0.25, 0.3) is 0 Å². The second kappa shape index (κ2) is 15.9. The lowest BCUT2D eigenvalue weighted by molar-refractivity contribution is -0.301. The molecular formula is C44H49N3O8. The zero-order valence-corrected chi connectivity index (χ0v) is 32.1. The maximum atomic E-state index is 14.6. The summed E-state index contributed by atoms with van der Waals surface area (Å²) in [5, 5.41) is 27.0. The molecule has 9 atom stereocenters. The number of carbonyl (C=O) groups is 2. The SMILES string of the molecule is CC/C=C1\C2=C(C)C(=O)C[C@@]1(O)C#C/C=C\C#C[C@@H]2OC1OC(C)C(C(=O)c2cncc3c2[nH]c2ccc(O)cc23)CC1OC1CC(C)C(NC(C)C)CO1. The highest BCUT2D eigenvalue weighted by Gasteiger charge is 2.47. The number of aromatic nitrogens is 2. The number of aliphatic hydroxyl groups is 1. The molecule has 2 aromatic heterocycles. The van der Waals surface area contributed by atoms with Crippen LogP contribution < -0.4 is 5.32 Å². The third kappa shape index (κ3) is 7.79. The number of hydrogen-bond donors (Lipinski definition) is 4. The Morgan fingerprint density at radius 1 is 1.16 bits per heavy atom. The number of phenols is 1. The van der Waals surface area contributed by atoms with Crippen LogP contribution in [0.3, 0.4) is 0 Å². The van der Waals surface area contributed by atoms with E-state index in [1.54, 1.807) is 49.7 Å². The summed E-state index contributed by atoms with van der Waals surface area (Å²) >= 11 is 0. The van der Waals surface area contributed by atoms with Gasteiger partial charge in [-0.15, -0.1) is 0 Å². The molecule has 2 aliphatic heterocycles. The molecule has 1 aromatic carbocycles. The number of aromatic hydroxyl groups is 1. The predicted octanol–water partition coefficient (Wildman–Crippen LogP) is 5.81. The summed E-state index contributed by atoms with van der Waals surface area (Å²) in [6.07, 6.45) is 5.44. The molecule has 4 aliphatic rings. The summed E-state index contributed by atoms with van der Waals surface area (Å²) < 4.78 is 26.4. The lowest BCUT2D eigenvalue weighted by atomic mass is 9.73. The van der Waals surface area contributed by atoms with Crippen LogP contribution in [0.15, 0.2) is 65.5 Å². The molecule has 7 rings (SSSR count). The topological polar surface area (TPSA) is 152 Å². The molecule has 2 aliphatic carbocycles. The first kappa shape index (κ1) is 38.7. The molecule has 11 heteroatoms. The molecule has 2 bridgehead atoms. The van der Waals surface area contributed by atoms with Gasteiger partial charge in [0.05, 0.1) is 36.1 Å². The largest absolute Gasteiger partial charge is 0.508 e. The van der Waals surface area contributed by atoms with Crippen molar-refractivity contribution in [3.8, 4) is 29.4 Å². The first-order valence-corrected chi connectivity index (χ1v) is 19.2. The summed E-state index contributed by atoms with van der Waals surface area (Å²) in [6, 6.07) is 5.47. The number of ether oxygens (including phenoxy) is 4. The van der Waals surface area contributed by atoms with Crippen molar-refractivity contribution in [1.29, 1.82) is 0 Å². The number of pyridine rings is 1. The number of rotatable bonds is 9. The van der Waals surface area contributed by atoms with Crippen LogP contribution in [0.25, 0.3) is 21.8 Å². The van der Waals surface area contributed by atoms with E-state index in [0.717, 1.165) is 16.3 Å². The van der Waals surface area contributed by atoms with Crippen LogP contribution in [-0.2, 0) is 23.7 Å². The van der Waals surface area contributed by atoms with Crippen molar-refractivity contribution in [3.63, 3.8) is 0 Å². The van der Waals surface area contributed by atoms with Gasteiger partial charge in [0.1, 0.15) is 18.0 Å². The molecule has 288 valence electrons. The predicted molar refractivity (Wildman–Crippen MR) is 208 cm³/mol. The Kier molecular flexibility index (Phi) is 11.2. The third-order valence-corrected chi connectivity index (χ3v) is 11.1. The lowest BCUT2D eigenvalue weighted by Gasteiger charge is -2.44. The standard InChI is InChI=1S/C44H49N3O8/c1-7-12-33-40-26(5)36(49)20-44(33,51)16-11-9-8-10-13-37(40)55-43-38(54-39-17-25(4)35(23-52-39)46-24(2)3)19-29(27(6)53-43)42(50)32-22-45-21-31-30-18-28(48)14-15-34(30)47-41(31)32/h8-9,12,14-15,18,21-22,24-25,27,29,35,37-39,43,46-48,51H,7,17,19-20,23H2,1-6H3/b9-8-,33-12+/t25?,27?,29?,35?,37-,38?,39?,43?,44-/m0/s1. The minimum atomic E-state index is -1.72. The molecule has 2 fully saturated rings. The molecule has 4 heterocycles. The van der Waals surface area contributed by atoms with Crippen molar-refractivity contribution in [3.05, 3.63) is 71.1 Å². The van der Waals surface area contributed by atoms with Gasteiger partial charge in [0.2, 0.25) is 0 Å². The van der Waals surface area contributed by atoms with Gasteiger partial charge in [-0.1, -0.05) is 57.5 Å². The summed E-state index contributed by atoms with van der Waals surface area (Å²) in [6.45, 7) is 12.3. The van der Waals surface area contributed by atoms with Gasteiger partial charge in [0.15, 0.2) is 29.7 Å². The Hall–Kier alpha value is -4.59. The van der Waals surface area contributed by atoms with Crippen molar-refractivity contribution < 1.29 is 38.7 Å². The quantitative estimate of drug-likeness (QED) is 0.156. The van der Waals surface area contributed by atoms with E-state index in [1.165, 1.54) is 0 Å². The smallest absolute Gasteiger partial charge is 0.186 e. The van der Waals surface area contributed by atoms with Gasteiger partial charge in [-0.05, 0) is 74.1 Å². The maximum Gasteiger partial charge on any atom is 0.186 e. The first-order chi connectivity index (χ1) is 26.4. The average molecular weight is 748 g/mol. The average Bonchev–Trinajstić information content (AvgIpc) is 3.51. The van der Waals surface area contributed by atoms with E-state index >= 15 is 0 Å².